The molecule has 132 valence electrons. The fraction of sp³-hybridized carbons (Fsp3) is 0.250. The molecule has 0 saturated carbocycles. The molecule has 2 aromatic rings. The molecular formula is C12H10Cl2F3N3O2S2. The van der Waals surface area contributed by atoms with Gasteiger partial charge in [0, 0.05) is 11.9 Å². The number of hydrogen-bond donors (Lipinski definition) is 1. The maximum absolute atomic E-state index is 12.4. The van der Waals surface area contributed by atoms with Gasteiger partial charge in [0.05, 0.1) is 16.4 Å². The Bertz CT molecular complexity index is 882. The molecule has 0 aliphatic heterocycles. The number of anilines is 1. The summed E-state index contributed by atoms with van der Waals surface area (Å²) in [5, 5.41) is 3.58. The Kier molecular flexibility index (Phi) is 5.34. The molecule has 24 heavy (non-hydrogen) atoms. The van der Waals surface area contributed by atoms with Crippen molar-refractivity contribution in [3.05, 3.63) is 34.1 Å². The van der Waals surface area contributed by atoms with Crippen LogP contribution in [0.3, 0.4) is 0 Å². The highest BCUT2D eigenvalue weighted by Crippen LogP contribution is 2.41. The van der Waals surface area contributed by atoms with E-state index in [0.717, 1.165) is 12.1 Å². The summed E-state index contributed by atoms with van der Waals surface area (Å²) in [5.74, 6) is 0. The Morgan fingerprint density at radius 2 is 1.92 bits per heavy atom. The molecule has 5 nitrogen and oxygen atoms in total. The van der Waals surface area contributed by atoms with Crippen LogP contribution in [0.2, 0.25) is 10.2 Å². The molecule has 0 aliphatic carbocycles. The Hall–Kier alpha value is -1.10. The zero-order valence-corrected chi connectivity index (χ0v) is 15.3. The van der Waals surface area contributed by atoms with Crippen LogP contribution in [-0.4, -0.2) is 23.7 Å². The summed E-state index contributed by atoms with van der Waals surface area (Å²) in [6.07, 6.45) is 0. The topological polar surface area (TPSA) is 64.0 Å². The molecule has 1 aromatic carbocycles. The summed E-state index contributed by atoms with van der Waals surface area (Å²) < 4.78 is 65.3. The first-order valence-corrected chi connectivity index (χ1v) is 9.23. The van der Waals surface area contributed by atoms with Gasteiger partial charge in [-0.05, 0) is 36.9 Å². The van der Waals surface area contributed by atoms with Crippen molar-refractivity contribution in [1.82, 2.24) is 9.78 Å². The molecule has 0 spiro atoms. The highest BCUT2D eigenvalue weighted by molar-refractivity contribution is 8.00. The van der Waals surface area contributed by atoms with Crippen molar-refractivity contribution < 1.29 is 21.6 Å². The van der Waals surface area contributed by atoms with Crippen LogP contribution in [-0.2, 0) is 17.1 Å². The fourth-order valence-corrected chi connectivity index (χ4v) is 4.53. The number of alkyl halides is 3. The first-order chi connectivity index (χ1) is 10.9. The molecule has 1 aromatic heterocycles. The van der Waals surface area contributed by atoms with Crippen molar-refractivity contribution in [2.24, 2.45) is 7.05 Å². The van der Waals surface area contributed by atoms with Crippen LogP contribution < -0.4 is 4.72 Å². The first kappa shape index (κ1) is 19.2. The smallest absolute Gasteiger partial charge is 0.279 e. The third kappa shape index (κ3) is 4.29. The summed E-state index contributed by atoms with van der Waals surface area (Å²) in [6.45, 7) is 1.47. The van der Waals surface area contributed by atoms with E-state index in [1.54, 1.807) is 0 Å². The monoisotopic (exact) mass is 419 g/mol. The lowest BCUT2D eigenvalue weighted by atomic mass is 10.3. The molecule has 0 radical (unpaired) electrons. The summed E-state index contributed by atoms with van der Waals surface area (Å²) in [7, 11) is -2.59. The molecule has 1 N–H and O–H groups in total. The van der Waals surface area contributed by atoms with Crippen molar-refractivity contribution in [2.75, 3.05) is 4.72 Å². The van der Waals surface area contributed by atoms with Gasteiger partial charge in [-0.2, -0.15) is 18.3 Å². The lowest BCUT2D eigenvalue weighted by Crippen LogP contribution is -2.14. The third-order valence-corrected chi connectivity index (χ3v) is 6.09. The highest BCUT2D eigenvalue weighted by atomic mass is 35.5. The predicted molar refractivity (Wildman–Crippen MR) is 87.1 cm³/mol. The van der Waals surface area contributed by atoms with E-state index >= 15 is 0 Å². The van der Waals surface area contributed by atoms with Gasteiger partial charge in [0.1, 0.15) is 10.0 Å². The summed E-state index contributed by atoms with van der Waals surface area (Å²) in [5.41, 5.74) is -4.30. The molecule has 1 heterocycles. The second-order valence-electron chi connectivity index (χ2n) is 4.63. The molecule has 12 heteroatoms. The van der Waals surface area contributed by atoms with E-state index in [1.165, 1.54) is 24.7 Å². The Labute approximate surface area is 150 Å². The standard InChI is InChI=1S/C12H10Cl2F3N3O2S2/c1-6-10(11(14)20(2)18-6)24(21,22)19-7-3-4-9(8(13)5-7)23-12(15,16)17/h3-5,19H,1-2H3. The predicted octanol–water partition coefficient (Wildman–Crippen LogP) is 4.45. The van der Waals surface area contributed by atoms with E-state index in [9.17, 15) is 21.6 Å². The van der Waals surface area contributed by atoms with Gasteiger partial charge in [0.2, 0.25) is 0 Å². The lowest BCUT2D eigenvalue weighted by molar-refractivity contribution is -0.0328. The van der Waals surface area contributed by atoms with Crippen molar-refractivity contribution in [3.63, 3.8) is 0 Å². The van der Waals surface area contributed by atoms with Crippen molar-refractivity contribution in [2.45, 2.75) is 22.2 Å². The zero-order chi connectivity index (χ0) is 18.3. The maximum Gasteiger partial charge on any atom is 0.446 e. The van der Waals surface area contributed by atoms with E-state index < -0.39 is 15.5 Å². The van der Waals surface area contributed by atoms with Crippen molar-refractivity contribution >= 4 is 50.7 Å². The van der Waals surface area contributed by atoms with Gasteiger partial charge >= 0.3 is 5.51 Å². The van der Waals surface area contributed by atoms with Gasteiger partial charge in [-0.25, -0.2) is 8.42 Å². The van der Waals surface area contributed by atoms with Crippen LogP contribution in [0, 0.1) is 6.92 Å². The van der Waals surface area contributed by atoms with Crippen LogP contribution in [0.5, 0.6) is 0 Å². The molecular weight excluding hydrogens is 410 g/mol. The second-order valence-corrected chi connectivity index (χ2v) is 8.12. The highest BCUT2D eigenvalue weighted by Gasteiger charge is 2.30. The largest absolute Gasteiger partial charge is 0.446 e. The fourth-order valence-electron chi connectivity index (χ4n) is 1.89. The Balaban J connectivity index is 2.32. The lowest BCUT2D eigenvalue weighted by Gasteiger charge is -2.11. The maximum atomic E-state index is 12.4. The van der Waals surface area contributed by atoms with E-state index in [0.29, 0.717) is 0 Å². The molecule has 0 amide bonds. The number of sulfonamides is 1. The van der Waals surface area contributed by atoms with Crippen LogP contribution >= 0.6 is 35.0 Å². The Morgan fingerprint density at radius 3 is 2.38 bits per heavy atom. The minimum absolute atomic E-state index is 0.00541. The summed E-state index contributed by atoms with van der Waals surface area (Å²) >= 11 is 11.3. The van der Waals surface area contributed by atoms with E-state index in [2.05, 4.69) is 9.82 Å². The first-order valence-electron chi connectivity index (χ1n) is 6.18. The van der Waals surface area contributed by atoms with Gasteiger partial charge in [-0.15, -0.1) is 0 Å². The quantitative estimate of drug-likeness (QED) is 0.743. The molecule has 0 fully saturated rings. The molecule has 2 rings (SSSR count). The van der Waals surface area contributed by atoms with Gasteiger partial charge in [0.15, 0.2) is 0 Å². The van der Waals surface area contributed by atoms with Crippen molar-refractivity contribution in [1.29, 1.82) is 0 Å². The Morgan fingerprint density at radius 1 is 1.29 bits per heavy atom. The summed E-state index contributed by atoms with van der Waals surface area (Å²) in [6, 6.07) is 3.35. The van der Waals surface area contributed by atoms with Gasteiger partial charge < -0.3 is 0 Å². The normalized spacial score (nSPS) is 12.5. The summed E-state index contributed by atoms with van der Waals surface area (Å²) in [4.78, 5) is -0.445. The van der Waals surface area contributed by atoms with Gasteiger partial charge in [-0.1, -0.05) is 23.2 Å². The van der Waals surface area contributed by atoms with Gasteiger partial charge in [0.25, 0.3) is 10.0 Å². The van der Waals surface area contributed by atoms with Crippen LogP contribution in [0.15, 0.2) is 28.0 Å². The number of aryl methyl sites for hydroxylation is 2. The number of thioether (sulfide) groups is 1. The molecule has 0 atom stereocenters. The number of halogens is 5. The second kappa shape index (κ2) is 6.66. The number of nitrogens with zero attached hydrogens (tertiary/aromatic N) is 2. The number of aromatic nitrogens is 2. The van der Waals surface area contributed by atoms with Crippen LogP contribution in [0.4, 0.5) is 18.9 Å². The van der Waals surface area contributed by atoms with Gasteiger partial charge in [-0.3, -0.25) is 9.40 Å². The average molecular weight is 420 g/mol. The number of rotatable bonds is 4. The molecule has 0 saturated heterocycles. The van der Waals surface area contributed by atoms with E-state index in [1.807, 2.05) is 0 Å². The molecule has 0 aliphatic rings. The zero-order valence-electron chi connectivity index (χ0n) is 12.1. The minimum Gasteiger partial charge on any atom is -0.279 e. The minimum atomic E-state index is -4.50. The number of nitrogens with one attached hydrogen (secondary N) is 1. The molecule has 0 unspecified atom stereocenters. The van der Waals surface area contributed by atoms with Crippen LogP contribution in [0.25, 0.3) is 0 Å². The molecule has 0 bridgehead atoms. The van der Waals surface area contributed by atoms with Crippen LogP contribution in [0.1, 0.15) is 5.69 Å². The third-order valence-electron chi connectivity index (χ3n) is 2.78. The van der Waals surface area contributed by atoms with E-state index in [4.69, 9.17) is 23.2 Å². The SMILES string of the molecule is Cc1nn(C)c(Cl)c1S(=O)(=O)Nc1ccc(SC(F)(F)F)c(Cl)c1. The number of benzene rings is 1. The van der Waals surface area contributed by atoms with Crippen molar-refractivity contribution in [3.8, 4) is 0 Å². The van der Waals surface area contributed by atoms with E-state index in [-0.39, 0.29) is 43.1 Å². The number of hydrogen-bond acceptors (Lipinski definition) is 4. The average Bonchev–Trinajstić information content (AvgIpc) is 2.65.